The Balaban J connectivity index is 2.57. The molecule has 24 heavy (non-hydrogen) atoms. The fourth-order valence-corrected chi connectivity index (χ4v) is 2.71. The minimum Gasteiger partial charge on any atom is -0.480 e. The largest absolute Gasteiger partial charge is 0.480 e. The van der Waals surface area contributed by atoms with Gasteiger partial charge in [-0.3, -0.25) is 4.90 Å². The number of aliphatic carboxylic acids is 1. The molecule has 2 amide bonds. The van der Waals surface area contributed by atoms with Gasteiger partial charge in [-0.1, -0.05) is 6.92 Å². The second kappa shape index (κ2) is 9.17. The van der Waals surface area contributed by atoms with E-state index in [4.69, 9.17) is 9.84 Å². The lowest BCUT2D eigenvalue weighted by Gasteiger charge is -2.25. The van der Waals surface area contributed by atoms with E-state index in [0.717, 1.165) is 0 Å². The molecular weight excluding hydrogens is 317 g/mol. The predicted octanol–water partition coefficient (Wildman–Crippen LogP) is 1.38. The van der Waals surface area contributed by atoms with E-state index in [1.165, 1.54) is 0 Å². The molecule has 1 aliphatic heterocycles. The summed E-state index contributed by atoms with van der Waals surface area (Å²) >= 11 is 0. The third-order valence-corrected chi connectivity index (χ3v) is 3.76. The molecule has 0 aromatic rings. The van der Waals surface area contributed by atoms with Crippen LogP contribution in [0, 0.1) is 0 Å². The number of likely N-dealkylation sites (tertiary alicyclic amines) is 1. The van der Waals surface area contributed by atoms with Crippen molar-refractivity contribution < 1.29 is 23.8 Å². The Morgan fingerprint density at radius 3 is 2.62 bits per heavy atom. The van der Waals surface area contributed by atoms with Crippen LogP contribution in [0.1, 0.15) is 40.5 Å². The van der Waals surface area contributed by atoms with Crippen molar-refractivity contribution in [3.63, 3.8) is 0 Å². The summed E-state index contributed by atoms with van der Waals surface area (Å²) in [5.74, 6) is -1.03. The predicted molar refractivity (Wildman–Crippen MR) is 88.8 cm³/mol. The van der Waals surface area contributed by atoms with Crippen molar-refractivity contribution in [2.24, 2.45) is 0 Å². The van der Waals surface area contributed by atoms with Crippen molar-refractivity contribution in [1.82, 2.24) is 15.5 Å². The average molecular weight is 347 g/mol. The Labute approximate surface area is 142 Å². The number of carbonyl (C=O) groups is 2. The second-order valence-electron chi connectivity index (χ2n) is 7.30. The lowest BCUT2D eigenvalue weighted by molar-refractivity contribution is -0.142. The summed E-state index contributed by atoms with van der Waals surface area (Å²) in [5, 5.41) is 14.4. The van der Waals surface area contributed by atoms with Crippen LogP contribution >= 0.6 is 0 Å². The monoisotopic (exact) mass is 347 g/mol. The van der Waals surface area contributed by atoms with Crippen molar-refractivity contribution in [1.29, 1.82) is 0 Å². The van der Waals surface area contributed by atoms with Crippen LogP contribution in [0.2, 0.25) is 0 Å². The van der Waals surface area contributed by atoms with Crippen molar-refractivity contribution in [3.05, 3.63) is 0 Å². The zero-order valence-corrected chi connectivity index (χ0v) is 15.0. The number of hydrogen-bond acceptors (Lipinski definition) is 4. The molecule has 0 aromatic carbocycles. The lowest BCUT2D eigenvalue weighted by Crippen LogP contribution is -2.50. The summed E-state index contributed by atoms with van der Waals surface area (Å²) in [5.41, 5.74) is -0.335. The first-order valence-corrected chi connectivity index (χ1v) is 8.37. The van der Waals surface area contributed by atoms with Gasteiger partial charge in [0.25, 0.3) is 0 Å². The standard InChI is InChI=1S/C16H30FN3O4/c1-5-11(17)7-20-8-12(18-15(23)19-16(2,3)4)6-13(20)9-24-10-14(21)22/h11-13H,5-10H2,1-4H3,(H,21,22)(H2,18,19,23)/t11-,12+,13-/m0/s1. The molecule has 1 heterocycles. The van der Waals surface area contributed by atoms with Crippen LogP contribution in [0.25, 0.3) is 0 Å². The molecular formula is C16H30FN3O4. The molecule has 1 rings (SSSR count). The van der Waals surface area contributed by atoms with E-state index in [0.29, 0.717) is 19.4 Å². The maximum atomic E-state index is 13.7. The van der Waals surface area contributed by atoms with Gasteiger partial charge in [-0.15, -0.1) is 0 Å². The number of alkyl halides is 1. The Morgan fingerprint density at radius 2 is 2.08 bits per heavy atom. The van der Waals surface area contributed by atoms with Gasteiger partial charge >= 0.3 is 12.0 Å². The van der Waals surface area contributed by atoms with Gasteiger partial charge in [-0.25, -0.2) is 14.0 Å². The fourth-order valence-electron chi connectivity index (χ4n) is 2.71. The molecule has 3 atom stereocenters. The average Bonchev–Trinajstić information content (AvgIpc) is 2.77. The molecule has 0 spiro atoms. The third kappa shape index (κ3) is 7.92. The Morgan fingerprint density at radius 1 is 1.42 bits per heavy atom. The number of nitrogens with one attached hydrogen (secondary N) is 2. The van der Waals surface area contributed by atoms with Gasteiger partial charge in [0, 0.05) is 30.7 Å². The number of ether oxygens (including phenoxy) is 1. The maximum absolute atomic E-state index is 13.7. The molecule has 1 aliphatic rings. The molecule has 0 aliphatic carbocycles. The van der Waals surface area contributed by atoms with Crippen LogP contribution in [0.5, 0.6) is 0 Å². The first-order valence-electron chi connectivity index (χ1n) is 8.37. The van der Waals surface area contributed by atoms with E-state index in [-0.39, 0.29) is 43.4 Å². The number of carbonyl (C=O) groups excluding carboxylic acids is 1. The Kier molecular flexibility index (Phi) is 7.89. The van der Waals surface area contributed by atoms with E-state index in [2.05, 4.69) is 10.6 Å². The number of amides is 2. The van der Waals surface area contributed by atoms with Gasteiger partial charge in [-0.2, -0.15) is 0 Å². The molecule has 1 saturated heterocycles. The van der Waals surface area contributed by atoms with Crippen LogP contribution in [0.15, 0.2) is 0 Å². The van der Waals surface area contributed by atoms with E-state index >= 15 is 0 Å². The molecule has 0 bridgehead atoms. The highest BCUT2D eigenvalue weighted by atomic mass is 19.1. The Hall–Kier alpha value is -1.41. The zero-order valence-electron chi connectivity index (χ0n) is 15.0. The molecule has 140 valence electrons. The molecule has 8 heteroatoms. The van der Waals surface area contributed by atoms with Gasteiger partial charge in [0.1, 0.15) is 12.8 Å². The first kappa shape index (κ1) is 20.6. The number of nitrogens with zero attached hydrogens (tertiary/aromatic N) is 1. The SMILES string of the molecule is CC[C@H](F)CN1C[C@H](NC(=O)NC(C)(C)C)C[C@H]1COCC(=O)O. The van der Waals surface area contributed by atoms with Gasteiger partial charge in [0.05, 0.1) is 6.61 Å². The minimum atomic E-state index is -1.03. The number of urea groups is 1. The summed E-state index contributed by atoms with van der Waals surface area (Å²) in [4.78, 5) is 24.5. The van der Waals surface area contributed by atoms with Crippen LogP contribution < -0.4 is 10.6 Å². The van der Waals surface area contributed by atoms with E-state index in [9.17, 15) is 14.0 Å². The molecule has 1 fully saturated rings. The van der Waals surface area contributed by atoms with Crippen LogP contribution in [-0.4, -0.2) is 72.1 Å². The van der Waals surface area contributed by atoms with Crippen molar-refractivity contribution in [2.75, 3.05) is 26.3 Å². The fraction of sp³-hybridized carbons (Fsp3) is 0.875. The molecule has 7 nitrogen and oxygen atoms in total. The third-order valence-electron chi connectivity index (χ3n) is 3.76. The minimum absolute atomic E-state index is 0.103. The molecule has 0 unspecified atom stereocenters. The maximum Gasteiger partial charge on any atom is 0.329 e. The topological polar surface area (TPSA) is 90.9 Å². The van der Waals surface area contributed by atoms with Gasteiger partial charge < -0.3 is 20.5 Å². The number of carboxylic acids is 1. The first-order chi connectivity index (χ1) is 11.1. The van der Waals surface area contributed by atoms with Crippen molar-refractivity contribution in [3.8, 4) is 0 Å². The lowest BCUT2D eigenvalue weighted by atomic mass is 10.1. The number of carboxylic acid groups (broad SMARTS) is 1. The van der Waals surface area contributed by atoms with E-state index < -0.39 is 12.1 Å². The van der Waals surface area contributed by atoms with Crippen LogP contribution in [0.4, 0.5) is 9.18 Å². The number of halogens is 1. The summed E-state index contributed by atoms with van der Waals surface area (Å²) in [6.07, 6.45) is 0.0734. The van der Waals surface area contributed by atoms with Crippen LogP contribution in [-0.2, 0) is 9.53 Å². The second-order valence-corrected chi connectivity index (χ2v) is 7.30. The number of hydrogen-bond donors (Lipinski definition) is 3. The van der Waals surface area contributed by atoms with Crippen LogP contribution in [0.3, 0.4) is 0 Å². The summed E-state index contributed by atoms with van der Waals surface area (Å²) < 4.78 is 18.9. The smallest absolute Gasteiger partial charge is 0.329 e. The molecule has 0 radical (unpaired) electrons. The highest BCUT2D eigenvalue weighted by Gasteiger charge is 2.34. The van der Waals surface area contributed by atoms with Gasteiger partial charge in [-0.05, 0) is 33.6 Å². The van der Waals surface area contributed by atoms with E-state index in [1.54, 1.807) is 6.92 Å². The molecule has 0 aromatic heterocycles. The highest BCUT2D eigenvalue weighted by Crippen LogP contribution is 2.20. The summed E-state index contributed by atoms with van der Waals surface area (Å²) in [6, 6.07) is -0.476. The van der Waals surface area contributed by atoms with E-state index in [1.807, 2.05) is 25.7 Å². The molecule has 3 N–H and O–H groups in total. The number of rotatable bonds is 8. The Bertz CT molecular complexity index is 428. The normalized spacial score (nSPS) is 23.0. The quantitative estimate of drug-likeness (QED) is 0.617. The van der Waals surface area contributed by atoms with Crippen molar-refractivity contribution in [2.45, 2.75) is 64.3 Å². The van der Waals surface area contributed by atoms with Gasteiger partial charge in [0.2, 0.25) is 0 Å². The highest BCUT2D eigenvalue weighted by molar-refractivity contribution is 5.75. The zero-order chi connectivity index (χ0) is 18.3. The summed E-state index contributed by atoms with van der Waals surface area (Å²) in [7, 11) is 0. The summed E-state index contributed by atoms with van der Waals surface area (Å²) in [6.45, 7) is 8.08. The van der Waals surface area contributed by atoms with Gasteiger partial charge in [0.15, 0.2) is 0 Å². The van der Waals surface area contributed by atoms with Crippen molar-refractivity contribution >= 4 is 12.0 Å². The molecule has 0 saturated carbocycles.